The van der Waals surface area contributed by atoms with Crippen LogP contribution >= 0.6 is 11.8 Å². The molecule has 0 bridgehead atoms. The summed E-state index contributed by atoms with van der Waals surface area (Å²) < 4.78 is 0. The van der Waals surface area contributed by atoms with Crippen molar-refractivity contribution in [3.05, 3.63) is 35.9 Å². The molecule has 0 aliphatic carbocycles. The Morgan fingerprint density at radius 3 is 2.50 bits per heavy atom. The lowest BCUT2D eigenvalue weighted by atomic mass is 9.76. The van der Waals surface area contributed by atoms with Crippen LogP contribution in [0.1, 0.15) is 5.56 Å². The fourth-order valence-electron chi connectivity index (χ4n) is 2.03. The van der Waals surface area contributed by atoms with Crippen molar-refractivity contribution in [1.29, 1.82) is 0 Å². The summed E-state index contributed by atoms with van der Waals surface area (Å²) in [6.07, 6.45) is 1.95. The number of hydrogen-bond acceptors (Lipinski definition) is 3. The van der Waals surface area contributed by atoms with E-state index in [9.17, 15) is 10.0 Å². The van der Waals surface area contributed by atoms with Crippen LogP contribution in [0.5, 0.6) is 0 Å². The average molecular weight is 232 g/mol. The molecule has 4 heteroatoms. The molecule has 0 spiro atoms. The lowest BCUT2D eigenvalue weighted by molar-refractivity contribution is 0.425. The van der Waals surface area contributed by atoms with Crippen molar-refractivity contribution in [3.63, 3.8) is 0 Å². The predicted molar refractivity (Wildman–Crippen MR) is 70.3 cm³/mol. The van der Waals surface area contributed by atoms with E-state index in [1.54, 1.807) is 11.8 Å². The molecule has 0 saturated carbocycles. The van der Waals surface area contributed by atoms with Crippen molar-refractivity contribution in [2.45, 2.75) is 11.8 Å². The van der Waals surface area contributed by atoms with Crippen LogP contribution in [0.3, 0.4) is 0 Å². The van der Waals surface area contributed by atoms with Gasteiger partial charge in [0, 0.05) is 10.4 Å². The Kier molecular flexibility index (Phi) is 3.24. The number of fused-ring (bicyclic) bond motifs is 1. The smallest absolute Gasteiger partial charge is 0.423 e. The SMILES string of the molecule is CSc1c(C)cc2ccccc2c1B(O)O. The van der Waals surface area contributed by atoms with Crippen LogP contribution in [0.2, 0.25) is 0 Å². The van der Waals surface area contributed by atoms with Crippen molar-refractivity contribution in [2.24, 2.45) is 0 Å². The second-order valence-corrected chi connectivity index (χ2v) is 4.55. The largest absolute Gasteiger partial charge is 0.490 e. The van der Waals surface area contributed by atoms with E-state index in [0.717, 1.165) is 21.2 Å². The molecule has 0 aliphatic rings. The summed E-state index contributed by atoms with van der Waals surface area (Å²) in [4.78, 5) is 0.953. The van der Waals surface area contributed by atoms with Gasteiger partial charge in [-0.15, -0.1) is 11.8 Å². The minimum absolute atomic E-state index is 0.614. The highest BCUT2D eigenvalue weighted by Crippen LogP contribution is 2.24. The molecular formula is C12H13BO2S. The summed E-state index contributed by atoms with van der Waals surface area (Å²) in [7, 11) is -1.42. The highest BCUT2D eigenvalue weighted by Gasteiger charge is 2.20. The highest BCUT2D eigenvalue weighted by molar-refractivity contribution is 7.98. The zero-order valence-corrected chi connectivity index (χ0v) is 10.1. The summed E-state index contributed by atoms with van der Waals surface area (Å²) in [5.74, 6) is 0. The molecule has 0 amide bonds. The van der Waals surface area contributed by atoms with Gasteiger partial charge in [0.05, 0.1) is 0 Å². The van der Waals surface area contributed by atoms with E-state index in [0.29, 0.717) is 5.46 Å². The summed E-state index contributed by atoms with van der Waals surface area (Å²) in [5, 5.41) is 21.0. The Labute approximate surface area is 99.4 Å². The Morgan fingerprint density at radius 2 is 1.88 bits per heavy atom. The first-order valence-corrected chi connectivity index (χ1v) is 6.30. The van der Waals surface area contributed by atoms with Crippen LogP contribution in [-0.4, -0.2) is 23.4 Å². The zero-order chi connectivity index (χ0) is 11.7. The Morgan fingerprint density at radius 1 is 1.19 bits per heavy atom. The van der Waals surface area contributed by atoms with Crippen LogP contribution < -0.4 is 5.46 Å². The third-order valence-electron chi connectivity index (χ3n) is 2.69. The van der Waals surface area contributed by atoms with Crippen LogP contribution in [-0.2, 0) is 0 Å². The molecule has 2 nitrogen and oxygen atoms in total. The third kappa shape index (κ3) is 1.84. The first-order chi connectivity index (χ1) is 7.65. The third-order valence-corrected chi connectivity index (χ3v) is 3.64. The highest BCUT2D eigenvalue weighted by atomic mass is 32.2. The van der Waals surface area contributed by atoms with Crippen LogP contribution in [0.4, 0.5) is 0 Å². The quantitative estimate of drug-likeness (QED) is 0.609. The maximum absolute atomic E-state index is 9.50. The number of rotatable bonds is 2. The van der Waals surface area contributed by atoms with Crippen LogP contribution in [0.25, 0.3) is 10.8 Å². The minimum Gasteiger partial charge on any atom is -0.423 e. The first-order valence-electron chi connectivity index (χ1n) is 5.07. The molecule has 0 saturated heterocycles. The second-order valence-electron chi connectivity index (χ2n) is 3.74. The molecule has 16 heavy (non-hydrogen) atoms. The predicted octanol–water partition coefficient (Wildman–Crippen LogP) is 1.55. The zero-order valence-electron chi connectivity index (χ0n) is 9.27. The fraction of sp³-hybridized carbons (Fsp3) is 0.167. The number of hydrogen-bond donors (Lipinski definition) is 2. The van der Waals surface area contributed by atoms with Crippen LogP contribution in [0, 0.1) is 6.92 Å². The molecule has 0 heterocycles. The molecular weight excluding hydrogens is 219 g/mol. The van der Waals surface area contributed by atoms with E-state index in [1.165, 1.54) is 0 Å². The van der Waals surface area contributed by atoms with Crippen molar-refractivity contribution < 1.29 is 10.0 Å². The molecule has 0 aromatic heterocycles. The Hall–Kier alpha value is -0.965. The van der Waals surface area contributed by atoms with Gasteiger partial charge >= 0.3 is 7.12 Å². The number of thioether (sulfide) groups is 1. The van der Waals surface area contributed by atoms with Gasteiger partial charge in [0.15, 0.2) is 0 Å². The number of aryl methyl sites for hydroxylation is 1. The maximum Gasteiger partial charge on any atom is 0.490 e. The molecule has 2 aromatic carbocycles. The van der Waals surface area contributed by atoms with E-state index in [-0.39, 0.29) is 0 Å². The lowest BCUT2D eigenvalue weighted by Crippen LogP contribution is -2.32. The molecule has 2 aromatic rings. The van der Waals surface area contributed by atoms with Crippen molar-refractivity contribution in [3.8, 4) is 0 Å². The molecule has 2 N–H and O–H groups in total. The van der Waals surface area contributed by atoms with Gasteiger partial charge in [-0.25, -0.2) is 0 Å². The minimum atomic E-state index is -1.42. The van der Waals surface area contributed by atoms with E-state index in [1.807, 2.05) is 37.4 Å². The van der Waals surface area contributed by atoms with Gasteiger partial charge in [0.25, 0.3) is 0 Å². The topological polar surface area (TPSA) is 40.5 Å². The standard InChI is InChI=1S/C12H13BO2S/c1-8-7-9-5-3-4-6-10(9)11(13(14)15)12(8)16-2/h3-7,14-15H,1-2H3. The molecule has 0 radical (unpaired) electrons. The summed E-state index contributed by atoms with van der Waals surface area (Å²) in [6.45, 7) is 1.99. The molecule has 0 aliphatic heterocycles. The van der Waals surface area contributed by atoms with Crippen molar-refractivity contribution in [1.82, 2.24) is 0 Å². The summed E-state index contributed by atoms with van der Waals surface area (Å²) >= 11 is 1.55. The Bertz CT molecular complexity index is 526. The van der Waals surface area contributed by atoms with Gasteiger partial charge in [0.2, 0.25) is 0 Å². The second kappa shape index (κ2) is 4.49. The van der Waals surface area contributed by atoms with E-state index >= 15 is 0 Å². The number of benzene rings is 2. The van der Waals surface area contributed by atoms with E-state index in [2.05, 4.69) is 6.07 Å². The fourth-order valence-corrected chi connectivity index (χ4v) is 2.85. The Balaban J connectivity index is 2.87. The molecule has 0 unspecified atom stereocenters. The summed E-state index contributed by atoms with van der Waals surface area (Å²) in [6, 6.07) is 9.84. The molecule has 0 fully saturated rings. The summed E-state index contributed by atoms with van der Waals surface area (Å²) in [5.41, 5.74) is 1.69. The van der Waals surface area contributed by atoms with E-state index < -0.39 is 7.12 Å². The monoisotopic (exact) mass is 232 g/mol. The van der Waals surface area contributed by atoms with Crippen molar-refractivity contribution >= 4 is 35.1 Å². The van der Waals surface area contributed by atoms with E-state index in [4.69, 9.17) is 0 Å². The maximum atomic E-state index is 9.50. The lowest BCUT2D eigenvalue weighted by Gasteiger charge is -2.13. The average Bonchev–Trinajstić information content (AvgIpc) is 2.26. The normalized spacial score (nSPS) is 10.8. The van der Waals surface area contributed by atoms with Gasteiger partial charge < -0.3 is 10.0 Å². The van der Waals surface area contributed by atoms with Gasteiger partial charge in [-0.2, -0.15) is 0 Å². The molecule has 2 rings (SSSR count). The van der Waals surface area contributed by atoms with Crippen molar-refractivity contribution in [2.75, 3.05) is 6.26 Å². The molecule has 0 atom stereocenters. The molecule has 82 valence electrons. The van der Waals surface area contributed by atoms with Gasteiger partial charge in [0.1, 0.15) is 0 Å². The van der Waals surface area contributed by atoms with Gasteiger partial charge in [-0.3, -0.25) is 0 Å². The first kappa shape index (κ1) is 11.5. The van der Waals surface area contributed by atoms with Gasteiger partial charge in [-0.05, 0) is 29.5 Å². The van der Waals surface area contributed by atoms with Gasteiger partial charge in [-0.1, -0.05) is 30.3 Å². The van der Waals surface area contributed by atoms with Crippen LogP contribution in [0.15, 0.2) is 35.2 Å².